The lowest BCUT2D eigenvalue weighted by molar-refractivity contribution is 0.444. The summed E-state index contributed by atoms with van der Waals surface area (Å²) in [5, 5.41) is 3.59. The number of rotatable bonds is 6. The lowest BCUT2D eigenvalue weighted by Gasteiger charge is -2.20. The molecule has 0 bridgehead atoms. The molecule has 1 aromatic rings. The van der Waals surface area contributed by atoms with Crippen LogP contribution in [0.25, 0.3) is 0 Å². The van der Waals surface area contributed by atoms with Gasteiger partial charge in [0.25, 0.3) is 0 Å². The first-order valence-corrected chi connectivity index (χ1v) is 7.33. The molecule has 1 unspecified atom stereocenters. The minimum absolute atomic E-state index is 0.409. The van der Waals surface area contributed by atoms with Crippen LogP contribution in [-0.2, 0) is 6.54 Å². The van der Waals surface area contributed by atoms with Crippen molar-refractivity contribution in [2.75, 3.05) is 5.88 Å². The third-order valence-corrected chi connectivity index (χ3v) is 3.72. The summed E-state index contributed by atoms with van der Waals surface area (Å²) in [6, 6.07) is 4.91. The monoisotopic (exact) mass is 267 g/mol. The van der Waals surface area contributed by atoms with E-state index in [0.717, 1.165) is 13.0 Å². The summed E-state index contributed by atoms with van der Waals surface area (Å²) in [5.41, 5.74) is 5.50. The molecule has 0 aliphatic heterocycles. The molecule has 2 heteroatoms. The highest BCUT2D eigenvalue weighted by atomic mass is 35.5. The summed E-state index contributed by atoms with van der Waals surface area (Å²) in [6.45, 7) is 11.9. The molecule has 1 atom stereocenters. The highest BCUT2D eigenvalue weighted by Crippen LogP contribution is 2.17. The Morgan fingerprint density at radius 2 is 1.67 bits per heavy atom. The standard InChI is InChI=1S/C16H26ClN/c1-11(2)6-15(9-17)18-10-16-13(4)7-12(3)8-14(16)5/h7-8,11,15,18H,6,9-10H2,1-5H3. The first kappa shape index (κ1) is 15.5. The molecule has 0 aromatic heterocycles. The zero-order valence-electron chi connectivity index (χ0n) is 12.3. The van der Waals surface area contributed by atoms with E-state index in [-0.39, 0.29) is 0 Å². The number of hydrogen-bond acceptors (Lipinski definition) is 1. The lowest BCUT2D eigenvalue weighted by atomic mass is 9.99. The molecule has 0 aliphatic carbocycles. The highest BCUT2D eigenvalue weighted by molar-refractivity contribution is 6.18. The first-order chi connectivity index (χ1) is 8.43. The summed E-state index contributed by atoms with van der Waals surface area (Å²) in [4.78, 5) is 0. The van der Waals surface area contributed by atoms with E-state index >= 15 is 0 Å². The fourth-order valence-electron chi connectivity index (χ4n) is 2.51. The Morgan fingerprint density at radius 3 is 2.11 bits per heavy atom. The van der Waals surface area contributed by atoms with Crippen LogP contribution in [0.4, 0.5) is 0 Å². The smallest absolute Gasteiger partial charge is 0.0377 e. The average Bonchev–Trinajstić information content (AvgIpc) is 2.25. The first-order valence-electron chi connectivity index (χ1n) is 6.80. The fraction of sp³-hybridized carbons (Fsp3) is 0.625. The van der Waals surface area contributed by atoms with E-state index in [1.807, 2.05) is 0 Å². The summed E-state index contributed by atoms with van der Waals surface area (Å²) in [6.07, 6.45) is 1.13. The maximum Gasteiger partial charge on any atom is 0.0377 e. The van der Waals surface area contributed by atoms with Crippen molar-refractivity contribution in [1.29, 1.82) is 0 Å². The largest absolute Gasteiger partial charge is 0.309 e. The van der Waals surface area contributed by atoms with Gasteiger partial charge in [0, 0.05) is 18.5 Å². The minimum atomic E-state index is 0.409. The normalized spacial score (nSPS) is 13.1. The molecule has 0 amide bonds. The Morgan fingerprint density at radius 1 is 1.11 bits per heavy atom. The van der Waals surface area contributed by atoms with Crippen molar-refractivity contribution in [2.45, 2.75) is 53.6 Å². The summed E-state index contributed by atoms with van der Waals surface area (Å²) >= 11 is 6.02. The number of aryl methyl sites for hydroxylation is 3. The van der Waals surface area contributed by atoms with Crippen molar-refractivity contribution < 1.29 is 0 Å². The second kappa shape index (κ2) is 7.16. The lowest BCUT2D eigenvalue weighted by Crippen LogP contribution is -2.32. The Balaban J connectivity index is 2.68. The van der Waals surface area contributed by atoms with Crippen LogP contribution in [0.3, 0.4) is 0 Å². The molecule has 0 spiro atoms. The molecule has 0 radical (unpaired) electrons. The zero-order chi connectivity index (χ0) is 13.7. The van der Waals surface area contributed by atoms with Gasteiger partial charge in [0.2, 0.25) is 0 Å². The number of hydrogen-bond donors (Lipinski definition) is 1. The molecule has 1 nitrogen and oxygen atoms in total. The maximum atomic E-state index is 6.02. The molecule has 0 fully saturated rings. The molecule has 1 aromatic carbocycles. The third kappa shape index (κ3) is 4.62. The van der Waals surface area contributed by atoms with Crippen molar-refractivity contribution in [3.63, 3.8) is 0 Å². The van der Waals surface area contributed by atoms with Gasteiger partial charge in [-0.3, -0.25) is 0 Å². The highest BCUT2D eigenvalue weighted by Gasteiger charge is 2.11. The Kier molecular flexibility index (Phi) is 6.17. The second-order valence-electron chi connectivity index (χ2n) is 5.74. The van der Waals surface area contributed by atoms with Crippen molar-refractivity contribution in [2.24, 2.45) is 5.92 Å². The van der Waals surface area contributed by atoms with Crippen LogP contribution in [0.15, 0.2) is 12.1 Å². The maximum absolute atomic E-state index is 6.02. The average molecular weight is 268 g/mol. The van der Waals surface area contributed by atoms with Crippen LogP contribution in [0.1, 0.15) is 42.5 Å². The van der Waals surface area contributed by atoms with Crippen LogP contribution in [0, 0.1) is 26.7 Å². The van der Waals surface area contributed by atoms with Crippen LogP contribution >= 0.6 is 11.6 Å². The topological polar surface area (TPSA) is 12.0 Å². The van der Waals surface area contributed by atoms with E-state index in [0.29, 0.717) is 17.8 Å². The summed E-state index contributed by atoms with van der Waals surface area (Å²) < 4.78 is 0. The summed E-state index contributed by atoms with van der Waals surface area (Å²) in [5.74, 6) is 1.36. The fourth-order valence-corrected chi connectivity index (χ4v) is 2.74. The van der Waals surface area contributed by atoms with Gasteiger partial charge in [0.1, 0.15) is 0 Å². The van der Waals surface area contributed by atoms with E-state index < -0.39 is 0 Å². The van der Waals surface area contributed by atoms with Gasteiger partial charge in [0.05, 0.1) is 0 Å². The van der Waals surface area contributed by atoms with Gasteiger partial charge in [0.15, 0.2) is 0 Å². The van der Waals surface area contributed by atoms with Crippen LogP contribution < -0.4 is 5.32 Å². The number of nitrogens with one attached hydrogen (secondary N) is 1. The number of benzene rings is 1. The molecule has 1 rings (SSSR count). The molecule has 0 saturated carbocycles. The van der Waals surface area contributed by atoms with Crippen molar-refractivity contribution in [1.82, 2.24) is 5.32 Å². The predicted molar refractivity (Wildman–Crippen MR) is 81.5 cm³/mol. The SMILES string of the molecule is Cc1cc(C)c(CNC(CCl)CC(C)C)c(C)c1. The minimum Gasteiger partial charge on any atom is -0.309 e. The van der Waals surface area contributed by atoms with E-state index in [2.05, 4.69) is 52.1 Å². The van der Waals surface area contributed by atoms with Gasteiger partial charge < -0.3 is 5.32 Å². The summed E-state index contributed by atoms with van der Waals surface area (Å²) in [7, 11) is 0. The molecule has 1 N–H and O–H groups in total. The molecule has 0 aliphatic rings. The number of halogens is 1. The quantitative estimate of drug-likeness (QED) is 0.756. The molecule has 18 heavy (non-hydrogen) atoms. The predicted octanol–water partition coefficient (Wildman–Crippen LogP) is 4.35. The van der Waals surface area contributed by atoms with Crippen LogP contribution in [-0.4, -0.2) is 11.9 Å². The van der Waals surface area contributed by atoms with Gasteiger partial charge in [-0.15, -0.1) is 11.6 Å². The zero-order valence-corrected chi connectivity index (χ0v) is 13.1. The van der Waals surface area contributed by atoms with Gasteiger partial charge in [-0.25, -0.2) is 0 Å². The van der Waals surface area contributed by atoms with Gasteiger partial charge >= 0.3 is 0 Å². The van der Waals surface area contributed by atoms with Gasteiger partial charge in [-0.05, 0) is 49.8 Å². The van der Waals surface area contributed by atoms with Crippen molar-refractivity contribution >= 4 is 11.6 Å². The van der Waals surface area contributed by atoms with E-state index in [4.69, 9.17) is 11.6 Å². The van der Waals surface area contributed by atoms with E-state index in [9.17, 15) is 0 Å². The van der Waals surface area contributed by atoms with Crippen LogP contribution in [0.5, 0.6) is 0 Å². The number of alkyl halides is 1. The van der Waals surface area contributed by atoms with Crippen molar-refractivity contribution in [3.05, 3.63) is 34.4 Å². The van der Waals surface area contributed by atoms with E-state index in [1.54, 1.807) is 0 Å². The van der Waals surface area contributed by atoms with Gasteiger partial charge in [-0.1, -0.05) is 31.5 Å². The third-order valence-electron chi connectivity index (χ3n) is 3.35. The van der Waals surface area contributed by atoms with Crippen molar-refractivity contribution in [3.8, 4) is 0 Å². The second-order valence-corrected chi connectivity index (χ2v) is 6.05. The Labute approximate surface area is 117 Å². The molecule has 0 heterocycles. The Hall–Kier alpha value is -0.530. The van der Waals surface area contributed by atoms with Gasteiger partial charge in [-0.2, -0.15) is 0 Å². The van der Waals surface area contributed by atoms with E-state index in [1.165, 1.54) is 22.3 Å². The molecular formula is C16H26ClN. The molecule has 0 saturated heterocycles. The molecule has 102 valence electrons. The van der Waals surface area contributed by atoms with Crippen LogP contribution in [0.2, 0.25) is 0 Å². The Bertz CT molecular complexity index is 362. The molecular weight excluding hydrogens is 242 g/mol.